The van der Waals surface area contributed by atoms with Crippen molar-refractivity contribution < 1.29 is 0 Å². The van der Waals surface area contributed by atoms with Gasteiger partial charge in [-0.15, -0.1) is 0 Å². The highest BCUT2D eigenvalue weighted by atomic mass is 16.1. The van der Waals surface area contributed by atoms with Crippen LogP contribution >= 0.6 is 0 Å². The van der Waals surface area contributed by atoms with Gasteiger partial charge >= 0.3 is 5.69 Å². The molecule has 86 valence electrons. The van der Waals surface area contributed by atoms with Crippen molar-refractivity contribution in [1.29, 1.82) is 0 Å². The second-order valence-electron chi connectivity index (χ2n) is 5.39. The molecule has 3 heteroatoms. The predicted octanol–water partition coefficient (Wildman–Crippen LogP) is 2.47. The largest absolute Gasteiger partial charge is 0.326 e. The molecule has 1 heterocycles. The quantitative estimate of drug-likeness (QED) is 0.724. The van der Waals surface area contributed by atoms with Crippen LogP contribution in [0.4, 0.5) is 0 Å². The van der Waals surface area contributed by atoms with Crippen LogP contribution in [-0.4, -0.2) is 9.55 Å². The minimum absolute atomic E-state index is 0.0377. The van der Waals surface area contributed by atoms with E-state index in [4.69, 9.17) is 0 Å². The van der Waals surface area contributed by atoms with E-state index >= 15 is 0 Å². The third-order valence-electron chi connectivity index (χ3n) is 3.02. The molecule has 0 atom stereocenters. The van der Waals surface area contributed by atoms with Crippen molar-refractivity contribution >= 4 is 11.0 Å². The summed E-state index contributed by atoms with van der Waals surface area (Å²) in [6.45, 7) is 8.61. The van der Waals surface area contributed by atoms with E-state index in [2.05, 4.69) is 38.7 Å². The predicted molar refractivity (Wildman–Crippen MR) is 67.0 cm³/mol. The Hall–Kier alpha value is -1.51. The van der Waals surface area contributed by atoms with E-state index in [1.807, 2.05) is 13.1 Å². The van der Waals surface area contributed by atoms with Gasteiger partial charge < -0.3 is 4.98 Å². The summed E-state index contributed by atoms with van der Waals surface area (Å²) in [5.41, 5.74) is 4.41. The molecule has 0 saturated carbocycles. The number of nitrogens with zero attached hydrogens (tertiary/aromatic N) is 1. The fourth-order valence-electron chi connectivity index (χ4n) is 2.39. The maximum atomic E-state index is 11.6. The van der Waals surface area contributed by atoms with Crippen LogP contribution in [0.5, 0.6) is 0 Å². The van der Waals surface area contributed by atoms with Gasteiger partial charge in [0.25, 0.3) is 0 Å². The SMILES string of the molecule is Cc1ccc2[nH]c(=O)n(C)c2c1C(C)(C)C. The van der Waals surface area contributed by atoms with Crippen LogP contribution in [0, 0.1) is 6.92 Å². The first kappa shape index (κ1) is 11.0. The Kier molecular flexibility index (Phi) is 2.22. The fraction of sp³-hybridized carbons (Fsp3) is 0.462. The smallest absolute Gasteiger partial charge is 0.306 e. The number of aromatic amines is 1. The molecule has 1 N–H and O–H groups in total. The first-order valence-electron chi connectivity index (χ1n) is 5.51. The van der Waals surface area contributed by atoms with Gasteiger partial charge in [0.2, 0.25) is 0 Å². The summed E-state index contributed by atoms with van der Waals surface area (Å²) >= 11 is 0. The molecule has 0 spiro atoms. The number of rotatable bonds is 0. The Bertz CT molecular complexity index is 597. The molecular weight excluding hydrogens is 200 g/mol. The molecule has 2 aromatic rings. The van der Waals surface area contributed by atoms with Crippen molar-refractivity contribution in [3.05, 3.63) is 33.7 Å². The molecule has 0 bridgehead atoms. The van der Waals surface area contributed by atoms with Gasteiger partial charge in [-0.1, -0.05) is 26.8 Å². The summed E-state index contributed by atoms with van der Waals surface area (Å²) in [7, 11) is 1.82. The Morgan fingerprint density at radius 2 is 1.88 bits per heavy atom. The van der Waals surface area contributed by atoms with Crippen molar-refractivity contribution in [3.63, 3.8) is 0 Å². The minimum Gasteiger partial charge on any atom is -0.306 e. The van der Waals surface area contributed by atoms with Crippen LogP contribution in [0.3, 0.4) is 0 Å². The normalized spacial score (nSPS) is 12.3. The van der Waals surface area contributed by atoms with Crippen molar-refractivity contribution in [3.8, 4) is 0 Å². The average Bonchev–Trinajstić information content (AvgIpc) is 2.42. The number of hydrogen-bond donors (Lipinski definition) is 1. The van der Waals surface area contributed by atoms with E-state index in [9.17, 15) is 4.79 Å². The van der Waals surface area contributed by atoms with Gasteiger partial charge in [-0.2, -0.15) is 0 Å². The van der Waals surface area contributed by atoms with E-state index in [1.54, 1.807) is 4.57 Å². The zero-order chi connectivity index (χ0) is 12.1. The van der Waals surface area contributed by atoms with Gasteiger partial charge in [0.15, 0.2) is 0 Å². The maximum absolute atomic E-state index is 11.6. The Morgan fingerprint density at radius 1 is 1.25 bits per heavy atom. The van der Waals surface area contributed by atoms with E-state index in [0.29, 0.717) is 0 Å². The van der Waals surface area contributed by atoms with Crippen LogP contribution in [0.25, 0.3) is 11.0 Å². The number of aryl methyl sites for hydroxylation is 2. The summed E-state index contributed by atoms with van der Waals surface area (Å²) in [6.07, 6.45) is 0. The Balaban J connectivity index is 3.00. The van der Waals surface area contributed by atoms with Crippen LogP contribution in [-0.2, 0) is 12.5 Å². The molecule has 0 amide bonds. The number of H-pyrrole nitrogens is 1. The summed E-state index contributed by atoms with van der Waals surface area (Å²) in [5, 5.41) is 0. The lowest BCUT2D eigenvalue weighted by Crippen LogP contribution is -2.17. The zero-order valence-corrected chi connectivity index (χ0v) is 10.5. The number of imidazole rings is 1. The van der Waals surface area contributed by atoms with Gasteiger partial charge in [0.1, 0.15) is 0 Å². The van der Waals surface area contributed by atoms with Crippen LogP contribution in [0.2, 0.25) is 0 Å². The lowest BCUT2D eigenvalue weighted by Gasteiger charge is -2.23. The molecule has 0 fully saturated rings. The third kappa shape index (κ3) is 1.47. The lowest BCUT2D eigenvalue weighted by atomic mass is 9.83. The molecule has 0 radical (unpaired) electrons. The summed E-state index contributed by atoms with van der Waals surface area (Å²) in [5.74, 6) is 0. The van der Waals surface area contributed by atoms with Gasteiger partial charge in [0.05, 0.1) is 11.0 Å². The summed E-state index contributed by atoms with van der Waals surface area (Å²) in [6, 6.07) is 4.04. The molecule has 0 saturated heterocycles. The minimum atomic E-state index is -0.0499. The standard InChI is InChI=1S/C13H18N2O/c1-8-6-7-9-11(10(8)13(2,3)4)15(5)12(16)14-9/h6-7H,1-5H3,(H,14,16). The van der Waals surface area contributed by atoms with Crippen molar-refractivity contribution in [2.45, 2.75) is 33.1 Å². The lowest BCUT2D eigenvalue weighted by molar-refractivity contribution is 0.588. The van der Waals surface area contributed by atoms with E-state index in [-0.39, 0.29) is 11.1 Å². The van der Waals surface area contributed by atoms with Crippen LogP contribution < -0.4 is 5.69 Å². The number of aromatic nitrogens is 2. The highest BCUT2D eigenvalue weighted by molar-refractivity contribution is 5.81. The first-order chi connectivity index (χ1) is 7.32. The van der Waals surface area contributed by atoms with Gasteiger partial charge in [-0.05, 0) is 29.5 Å². The number of hydrogen-bond acceptors (Lipinski definition) is 1. The molecule has 3 nitrogen and oxygen atoms in total. The molecule has 0 aliphatic heterocycles. The summed E-state index contributed by atoms with van der Waals surface area (Å²) < 4.78 is 1.70. The van der Waals surface area contributed by atoms with Crippen LogP contribution in [0.15, 0.2) is 16.9 Å². The topological polar surface area (TPSA) is 37.8 Å². The molecule has 16 heavy (non-hydrogen) atoms. The van der Waals surface area contributed by atoms with Crippen LogP contribution in [0.1, 0.15) is 31.9 Å². The maximum Gasteiger partial charge on any atom is 0.326 e. The Labute approximate surface area is 95.1 Å². The molecule has 1 aromatic carbocycles. The number of fused-ring (bicyclic) bond motifs is 1. The number of nitrogens with one attached hydrogen (secondary N) is 1. The molecule has 0 aliphatic rings. The van der Waals surface area contributed by atoms with E-state index < -0.39 is 0 Å². The molecule has 1 aromatic heterocycles. The first-order valence-corrected chi connectivity index (χ1v) is 5.51. The molecular formula is C13H18N2O. The average molecular weight is 218 g/mol. The van der Waals surface area contributed by atoms with Gasteiger partial charge in [-0.25, -0.2) is 4.79 Å². The molecule has 2 rings (SSSR count). The monoisotopic (exact) mass is 218 g/mol. The Morgan fingerprint density at radius 3 is 2.44 bits per heavy atom. The van der Waals surface area contributed by atoms with Crippen molar-refractivity contribution in [2.75, 3.05) is 0 Å². The van der Waals surface area contributed by atoms with Gasteiger partial charge in [-0.3, -0.25) is 4.57 Å². The zero-order valence-electron chi connectivity index (χ0n) is 10.5. The summed E-state index contributed by atoms with van der Waals surface area (Å²) in [4.78, 5) is 14.5. The second-order valence-corrected chi connectivity index (χ2v) is 5.39. The highest BCUT2D eigenvalue weighted by Crippen LogP contribution is 2.31. The highest BCUT2D eigenvalue weighted by Gasteiger charge is 2.21. The number of benzene rings is 1. The van der Waals surface area contributed by atoms with E-state index in [1.165, 1.54) is 11.1 Å². The third-order valence-corrected chi connectivity index (χ3v) is 3.02. The fourth-order valence-corrected chi connectivity index (χ4v) is 2.39. The second kappa shape index (κ2) is 3.24. The molecule has 0 unspecified atom stereocenters. The van der Waals surface area contributed by atoms with Crippen molar-refractivity contribution in [1.82, 2.24) is 9.55 Å². The van der Waals surface area contributed by atoms with Crippen molar-refractivity contribution in [2.24, 2.45) is 7.05 Å². The molecule has 0 aliphatic carbocycles. The van der Waals surface area contributed by atoms with Gasteiger partial charge in [0, 0.05) is 7.05 Å². The van der Waals surface area contributed by atoms with E-state index in [0.717, 1.165) is 11.0 Å².